The third-order valence-electron chi connectivity index (χ3n) is 2.09. The SMILES string of the molecule is Cc1nnc(SCC(=O)NC(=O)NCC(F)(F)F)n1C. The standard InChI is InChI=1S/C9H12F3N5O2S/c1-5-15-16-8(17(5)2)20-3-6(18)14-7(19)13-4-9(10,11)12/h3-4H2,1-2H3,(H2,13,14,18,19). The number of carbonyl (C=O) groups is 2. The second-order valence-corrected chi connectivity index (χ2v) is 4.67. The summed E-state index contributed by atoms with van der Waals surface area (Å²) in [4.78, 5) is 22.3. The largest absolute Gasteiger partial charge is 0.405 e. The highest BCUT2D eigenvalue weighted by molar-refractivity contribution is 7.99. The molecule has 0 saturated heterocycles. The van der Waals surface area contributed by atoms with E-state index in [1.807, 2.05) is 0 Å². The molecule has 0 spiro atoms. The van der Waals surface area contributed by atoms with Gasteiger partial charge in [0, 0.05) is 7.05 Å². The molecule has 11 heteroatoms. The van der Waals surface area contributed by atoms with Crippen molar-refractivity contribution >= 4 is 23.7 Å². The number of alkyl halides is 3. The molecule has 1 aromatic rings. The molecule has 0 aliphatic heterocycles. The van der Waals surface area contributed by atoms with E-state index < -0.39 is 24.7 Å². The molecule has 0 aliphatic rings. The predicted octanol–water partition coefficient (Wildman–Crippen LogP) is 0.604. The van der Waals surface area contributed by atoms with Crippen LogP contribution in [0.5, 0.6) is 0 Å². The molecule has 0 bridgehead atoms. The zero-order valence-electron chi connectivity index (χ0n) is 10.6. The van der Waals surface area contributed by atoms with Gasteiger partial charge in [-0.15, -0.1) is 10.2 Å². The summed E-state index contributed by atoms with van der Waals surface area (Å²) in [6, 6.07) is -1.19. The number of hydrogen-bond acceptors (Lipinski definition) is 5. The van der Waals surface area contributed by atoms with Crippen LogP contribution in [-0.4, -0.2) is 45.2 Å². The summed E-state index contributed by atoms with van der Waals surface area (Å²) in [7, 11) is 1.70. The topological polar surface area (TPSA) is 88.9 Å². The number of amides is 3. The second kappa shape index (κ2) is 6.59. The Labute approximate surface area is 116 Å². The van der Waals surface area contributed by atoms with E-state index in [4.69, 9.17) is 0 Å². The summed E-state index contributed by atoms with van der Waals surface area (Å²) in [5, 5.41) is 11.3. The summed E-state index contributed by atoms with van der Waals surface area (Å²) in [5.74, 6) is -0.239. The molecule has 3 amide bonds. The lowest BCUT2D eigenvalue weighted by molar-refractivity contribution is -0.124. The third kappa shape index (κ3) is 5.47. The fraction of sp³-hybridized carbons (Fsp3) is 0.556. The first-order valence-corrected chi connectivity index (χ1v) is 6.31. The van der Waals surface area contributed by atoms with Crippen molar-refractivity contribution in [1.29, 1.82) is 0 Å². The molecule has 20 heavy (non-hydrogen) atoms. The minimum absolute atomic E-state index is 0.161. The van der Waals surface area contributed by atoms with E-state index in [2.05, 4.69) is 10.2 Å². The maximum absolute atomic E-state index is 11.8. The first-order chi connectivity index (χ1) is 9.19. The normalized spacial score (nSPS) is 11.2. The van der Waals surface area contributed by atoms with Gasteiger partial charge < -0.3 is 9.88 Å². The van der Waals surface area contributed by atoms with Crippen molar-refractivity contribution in [2.75, 3.05) is 12.3 Å². The van der Waals surface area contributed by atoms with Gasteiger partial charge in [0.15, 0.2) is 5.16 Å². The Morgan fingerprint density at radius 3 is 2.50 bits per heavy atom. The van der Waals surface area contributed by atoms with Crippen molar-refractivity contribution in [2.45, 2.75) is 18.3 Å². The summed E-state index contributed by atoms with van der Waals surface area (Å²) in [5.41, 5.74) is 0. The first kappa shape index (κ1) is 16.3. The zero-order chi connectivity index (χ0) is 15.3. The lowest BCUT2D eigenvalue weighted by Crippen LogP contribution is -2.43. The monoisotopic (exact) mass is 311 g/mol. The predicted molar refractivity (Wildman–Crippen MR) is 64.1 cm³/mol. The van der Waals surface area contributed by atoms with Gasteiger partial charge in [0.25, 0.3) is 0 Å². The van der Waals surface area contributed by atoms with E-state index in [9.17, 15) is 22.8 Å². The van der Waals surface area contributed by atoms with Crippen LogP contribution in [-0.2, 0) is 11.8 Å². The van der Waals surface area contributed by atoms with Crippen LogP contribution in [0, 0.1) is 6.92 Å². The average molecular weight is 311 g/mol. The molecule has 0 aliphatic carbocycles. The molecule has 0 unspecified atom stereocenters. The van der Waals surface area contributed by atoms with E-state index in [-0.39, 0.29) is 5.75 Å². The number of nitrogens with zero attached hydrogens (tertiary/aromatic N) is 3. The molecule has 0 atom stereocenters. The summed E-state index contributed by atoms with van der Waals surface area (Å²) in [6.45, 7) is 0.226. The number of hydrogen-bond donors (Lipinski definition) is 2. The van der Waals surface area contributed by atoms with Crippen molar-refractivity contribution in [2.24, 2.45) is 7.05 Å². The van der Waals surface area contributed by atoms with E-state index in [0.717, 1.165) is 11.8 Å². The molecule has 2 N–H and O–H groups in total. The van der Waals surface area contributed by atoms with Gasteiger partial charge >= 0.3 is 12.2 Å². The van der Waals surface area contributed by atoms with Gasteiger partial charge in [0.2, 0.25) is 5.91 Å². The molecule has 1 heterocycles. The maximum atomic E-state index is 11.8. The van der Waals surface area contributed by atoms with Gasteiger partial charge in [0.1, 0.15) is 12.4 Å². The number of carbonyl (C=O) groups excluding carboxylic acids is 2. The van der Waals surface area contributed by atoms with Gasteiger partial charge in [0.05, 0.1) is 5.75 Å². The summed E-state index contributed by atoms with van der Waals surface area (Å²) in [6.07, 6.45) is -4.52. The minimum Gasteiger partial charge on any atom is -0.329 e. The molecule has 0 aromatic carbocycles. The van der Waals surface area contributed by atoms with Crippen molar-refractivity contribution in [3.63, 3.8) is 0 Å². The maximum Gasteiger partial charge on any atom is 0.405 e. The molecular weight excluding hydrogens is 299 g/mol. The highest BCUT2D eigenvalue weighted by Gasteiger charge is 2.27. The number of aryl methyl sites for hydroxylation is 1. The Balaban J connectivity index is 2.33. The van der Waals surface area contributed by atoms with Crippen LogP contribution in [0.1, 0.15) is 5.82 Å². The van der Waals surface area contributed by atoms with Crippen molar-refractivity contribution in [3.05, 3.63) is 5.82 Å². The van der Waals surface area contributed by atoms with Crippen LogP contribution in [0.4, 0.5) is 18.0 Å². The summed E-state index contributed by atoms with van der Waals surface area (Å²) < 4.78 is 37.1. The van der Waals surface area contributed by atoms with Gasteiger partial charge in [-0.1, -0.05) is 11.8 Å². The quantitative estimate of drug-likeness (QED) is 0.795. The number of rotatable bonds is 4. The Kier molecular flexibility index (Phi) is 5.36. The van der Waals surface area contributed by atoms with Crippen molar-refractivity contribution in [1.82, 2.24) is 25.4 Å². The number of imide groups is 1. The Morgan fingerprint density at radius 1 is 1.35 bits per heavy atom. The van der Waals surface area contributed by atoms with E-state index in [1.54, 1.807) is 23.9 Å². The van der Waals surface area contributed by atoms with Crippen LogP contribution in [0.3, 0.4) is 0 Å². The van der Waals surface area contributed by atoms with Crippen LogP contribution in [0.2, 0.25) is 0 Å². The lowest BCUT2D eigenvalue weighted by Gasteiger charge is -2.08. The average Bonchev–Trinajstić information content (AvgIpc) is 2.64. The smallest absolute Gasteiger partial charge is 0.329 e. The van der Waals surface area contributed by atoms with Crippen molar-refractivity contribution < 1.29 is 22.8 Å². The number of urea groups is 1. The second-order valence-electron chi connectivity index (χ2n) is 3.72. The number of nitrogens with one attached hydrogen (secondary N) is 2. The van der Waals surface area contributed by atoms with Crippen LogP contribution >= 0.6 is 11.8 Å². The van der Waals surface area contributed by atoms with Gasteiger partial charge in [-0.3, -0.25) is 10.1 Å². The van der Waals surface area contributed by atoms with E-state index >= 15 is 0 Å². The zero-order valence-corrected chi connectivity index (χ0v) is 11.4. The molecule has 0 saturated carbocycles. The van der Waals surface area contributed by atoms with Crippen molar-refractivity contribution in [3.8, 4) is 0 Å². The van der Waals surface area contributed by atoms with E-state index in [0.29, 0.717) is 11.0 Å². The molecule has 7 nitrogen and oxygen atoms in total. The summed E-state index contributed by atoms with van der Waals surface area (Å²) >= 11 is 1.02. The van der Waals surface area contributed by atoms with E-state index in [1.165, 1.54) is 5.32 Å². The van der Waals surface area contributed by atoms with Crippen LogP contribution in [0.15, 0.2) is 5.16 Å². The Morgan fingerprint density at radius 2 is 2.00 bits per heavy atom. The fourth-order valence-electron chi connectivity index (χ4n) is 1.03. The van der Waals surface area contributed by atoms with Gasteiger partial charge in [-0.05, 0) is 6.92 Å². The molecule has 0 fully saturated rings. The van der Waals surface area contributed by atoms with Gasteiger partial charge in [-0.25, -0.2) is 4.79 Å². The first-order valence-electron chi connectivity index (χ1n) is 5.32. The van der Waals surface area contributed by atoms with Crippen LogP contribution < -0.4 is 10.6 Å². The highest BCUT2D eigenvalue weighted by Crippen LogP contribution is 2.14. The molecule has 112 valence electrons. The number of thioether (sulfide) groups is 1. The fourth-order valence-corrected chi connectivity index (χ4v) is 1.79. The molecule has 0 radical (unpaired) electrons. The van der Waals surface area contributed by atoms with Gasteiger partial charge in [-0.2, -0.15) is 13.2 Å². The Bertz CT molecular complexity index is 502. The molecule has 1 rings (SSSR count). The number of aromatic nitrogens is 3. The molecule has 1 aromatic heterocycles. The lowest BCUT2D eigenvalue weighted by atomic mass is 10.6. The third-order valence-corrected chi connectivity index (χ3v) is 3.11. The van der Waals surface area contributed by atoms with Crippen LogP contribution in [0.25, 0.3) is 0 Å². The highest BCUT2D eigenvalue weighted by atomic mass is 32.2. The molecular formula is C9H12F3N5O2S. The minimum atomic E-state index is -4.52. The Hall–Kier alpha value is -1.78. The number of halogens is 3.